The van der Waals surface area contributed by atoms with E-state index in [0.29, 0.717) is 45.2 Å². The van der Waals surface area contributed by atoms with Crippen molar-refractivity contribution in [1.29, 1.82) is 0 Å². The van der Waals surface area contributed by atoms with Gasteiger partial charge in [0.1, 0.15) is 5.54 Å². The SMILES string of the molecule is O=C(NN1C(=O)NC2(CCCCC2)C1=O)[C@H]1CCCN(C(=O)Cc2ccccc2)C1. The Morgan fingerprint density at radius 2 is 1.80 bits per heavy atom. The average molecular weight is 412 g/mol. The Morgan fingerprint density at radius 1 is 1.07 bits per heavy atom. The van der Waals surface area contributed by atoms with Crippen LogP contribution in [-0.2, 0) is 20.8 Å². The minimum atomic E-state index is -0.868. The summed E-state index contributed by atoms with van der Waals surface area (Å²) < 4.78 is 0. The van der Waals surface area contributed by atoms with E-state index >= 15 is 0 Å². The number of carbonyl (C=O) groups excluding carboxylic acids is 4. The summed E-state index contributed by atoms with van der Waals surface area (Å²) in [6, 6.07) is 8.94. The van der Waals surface area contributed by atoms with E-state index in [0.717, 1.165) is 29.8 Å². The Bertz CT molecular complexity index is 835. The molecule has 5 amide bonds. The van der Waals surface area contributed by atoms with Gasteiger partial charge in [-0.05, 0) is 31.2 Å². The summed E-state index contributed by atoms with van der Waals surface area (Å²) >= 11 is 0. The molecule has 0 bridgehead atoms. The first-order chi connectivity index (χ1) is 14.5. The maximum Gasteiger partial charge on any atom is 0.344 e. The van der Waals surface area contributed by atoms with Gasteiger partial charge in [-0.3, -0.25) is 19.8 Å². The molecule has 1 aliphatic carbocycles. The molecule has 1 aromatic carbocycles. The van der Waals surface area contributed by atoms with Crippen molar-refractivity contribution in [3.05, 3.63) is 35.9 Å². The second-order valence-electron chi connectivity index (χ2n) is 8.53. The average Bonchev–Trinajstić information content (AvgIpc) is 2.98. The Hall–Kier alpha value is -2.90. The lowest BCUT2D eigenvalue weighted by Crippen LogP contribution is -2.54. The number of amides is 5. The molecular weight excluding hydrogens is 384 g/mol. The van der Waals surface area contributed by atoms with E-state index in [1.807, 2.05) is 30.3 Å². The highest BCUT2D eigenvalue weighted by Gasteiger charge is 2.52. The summed E-state index contributed by atoms with van der Waals surface area (Å²) in [5.41, 5.74) is 2.59. The molecule has 160 valence electrons. The van der Waals surface area contributed by atoms with Crippen LogP contribution in [0.15, 0.2) is 30.3 Å². The molecule has 2 heterocycles. The zero-order valence-corrected chi connectivity index (χ0v) is 17.1. The Kier molecular flexibility index (Phi) is 5.74. The van der Waals surface area contributed by atoms with Gasteiger partial charge in [0.2, 0.25) is 11.8 Å². The van der Waals surface area contributed by atoms with Gasteiger partial charge in [0, 0.05) is 13.1 Å². The lowest BCUT2D eigenvalue weighted by atomic mass is 9.82. The Labute approximate surface area is 175 Å². The molecule has 3 fully saturated rings. The minimum absolute atomic E-state index is 0.0187. The summed E-state index contributed by atoms with van der Waals surface area (Å²) in [5, 5.41) is 3.64. The van der Waals surface area contributed by atoms with Crippen molar-refractivity contribution in [2.75, 3.05) is 13.1 Å². The predicted octanol–water partition coefficient (Wildman–Crippen LogP) is 1.75. The number of carbonyl (C=O) groups is 4. The van der Waals surface area contributed by atoms with E-state index in [1.165, 1.54) is 0 Å². The molecular formula is C22H28N4O4. The summed E-state index contributed by atoms with van der Waals surface area (Å²) in [6.07, 6.45) is 5.66. The van der Waals surface area contributed by atoms with Crippen molar-refractivity contribution in [2.24, 2.45) is 5.92 Å². The largest absolute Gasteiger partial charge is 0.344 e. The van der Waals surface area contributed by atoms with E-state index in [9.17, 15) is 19.2 Å². The molecule has 2 saturated heterocycles. The topological polar surface area (TPSA) is 98.8 Å². The molecule has 0 unspecified atom stereocenters. The van der Waals surface area contributed by atoms with Crippen LogP contribution in [0.2, 0.25) is 0 Å². The number of imide groups is 1. The smallest absolute Gasteiger partial charge is 0.342 e. The van der Waals surface area contributed by atoms with Crippen molar-refractivity contribution < 1.29 is 19.2 Å². The zero-order valence-electron chi connectivity index (χ0n) is 17.1. The third-order valence-corrected chi connectivity index (χ3v) is 6.43. The predicted molar refractivity (Wildman–Crippen MR) is 109 cm³/mol. The third kappa shape index (κ3) is 4.04. The van der Waals surface area contributed by atoms with Crippen LogP contribution in [-0.4, -0.2) is 52.3 Å². The quantitative estimate of drug-likeness (QED) is 0.736. The minimum Gasteiger partial charge on any atom is -0.342 e. The van der Waals surface area contributed by atoms with Gasteiger partial charge in [-0.2, -0.15) is 5.01 Å². The van der Waals surface area contributed by atoms with Gasteiger partial charge in [0.25, 0.3) is 5.91 Å². The molecule has 1 aromatic rings. The van der Waals surface area contributed by atoms with Gasteiger partial charge in [-0.25, -0.2) is 4.79 Å². The van der Waals surface area contributed by atoms with E-state index in [4.69, 9.17) is 0 Å². The first kappa shape index (κ1) is 20.4. The number of rotatable bonds is 4. The van der Waals surface area contributed by atoms with Gasteiger partial charge in [0.15, 0.2) is 0 Å². The van der Waals surface area contributed by atoms with Crippen molar-refractivity contribution in [1.82, 2.24) is 20.7 Å². The fourth-order valence-electron chi connectivity index (χ4n) is 4.72. The second kappa shape index (κ2) is 8.45. The molecule has 1 atom stereocenters. The highest BCUT2D eigenvalue weighted by atomic mass is 16.2. The summed E-state index contributed by atoms with van der Waals surface area (Å²) in [7, 11) is 0. The molecule has 1 spiro atoms. The van der Waals surface area contributed by atoms with Crippen LogP contribution in [0.25, 0.3) is 0 Å². The summed E-state index contributed by atoms with van der Waals surface area (Å²) in [4.78, 5) is 52.4. The normalized spacial score (nSPS) is 23.4. The summed E-state index contributed by atoms with van der Waals surface area (Å²) in [5.74, 6) is -1.21. The van der Waals surface area contributed by atoms with Crippen LogP contribution >= 0.6 is 0 Å². The van der Waals surface area contributed by atoms with Crippen LogP contribution < -0.4 is 10.7 Å². The molecule has 30 heavy (non-hydrogen) atoms. The molecule has 2 N–H and O–H groups in total. The van der Waals surface area contributed by atoms with Crippen LogP contribution in [0.1, 0.15) is 50.5 Å². The maximum atomic E-state index is 12.9. The van der Waals surface area contributed by atoms with E-state index in [1.54, 1.807) is 4.90 Å². The Morgan fingerprint density at radius 3 is 2.53 bits per heavy atom. The number of likely N-dealkylation sites (tertiary alicyclic amines) is 1. The number of hydrogen-bond donors (Lipinski definition) is 2. The number of nitrogens with one attached hydrogen (secondary N) is 2. The number of benzene rings is 1. The van der Waals surface area contributed by atoms with E-state index in [2.05, 4.69) is 10.7 Å². The number of urea groups is 1. The number of nitrogens with zero attached hydrogens (tertiary/aromatic N) is 2. The van der Waals surface area contributed by atoms with Crippen LogP contribution in [0.3, 0.4) is 0 Å². The van der Waals surface area contributed by atoms with Gasteiger partial charge in [0.05, 0.1) is 12.3 Å². The maximum absolute atomic E-state index is 12.9. The molecule has 0 aromatic heterocycles. The van der Waals surface area contributed by atoms with Crippen LogP contribution in [0.4, 0.5) is 4.79 Å². The Balaban J connectivity index is 1.36. The van der Waals surface area contributed by atoms with Crippen molar-refractivity contribution in [3.63, 3.8) is 0 Å². The van der Waals surface area contributed by atoms with Crippen molar-refractivity contribution in [2.45, 2.75) is 56.9 Å². The third-order valence-electron chi connectivity index (χ3n) is 6.43. The number of hydrogen-bond acceptors (Lipinski definition) is 4. The van der Waals surface area contributed by atoms with Gasteiger partial charge < -0.3 is 10.2 Å². The number of hydrazine groups is 1. The van der Waals surface area contributed by atoms with Crippen molar-refractivity contribution in [3.8, 4) is 0 Å². The van der Waals surface area contributed by atoms with Crippen molar-refractivity contribution >= 4 is 23.8 Å². The van der Waals surface area contributed by atoms with E-state index in [-0.39, 0.29) is 17.7 Å². The molecule has 4 rings (SSSR count). The van der Waals surface area contributed by atoms with Gasteiger partial charge in [-0.15, -0.1) is 0 Å². The fraction of sp³-hybridized carbons (Fsp3) is 0.545. The lowest BCUT2D eigenvalue weighted by Gasteiger charge is -2.33. The van der Waals surface area contributed by atoms with E-state index < -0.39 is 17.5 Å². The van der Waals surface area contributed by atoms with Gasteiger partial charge in [-0.1, -0.05) is 49.6 Å². The molecule has 8 heteroatoms. The molecule has 3 aliphatic rings. The molecule has 2 aliphatic heterocycles. The zero-order chi connectivity index (χ0) is 21.1. The molecule has 8 nitrogen and oxygen atoms in total. The fourth-order valence-corrected chi connectivity index (χ4v) is 4.72. The standard InChI is InChI=1S/C22H28N4O4/c27-18(14-16-8-3-1-4-9-16)25-13-7-10-17(15-25)19(28)24-26-20(29)22(23-21(26)30)11-5-2-6-12-22/h1,3-4,8-9,17H,2,5-7,10-15H2,(H,23,30)(H,24,28)/t17-/m0/s1. The first-order valence-electron chi connectivity index (χ1n) is 10.8. The first-order valence-corrected chi connectivity index (χ1v) is 10.8. The van der Waals surface area contributed by atoms with Crippen LogP contribution in [0, 0.1) is 5.92 Å². The van der Waals surface area contributed by atoms with Crippen LogP contribution in [0.5, 0.6) is 0 Å². The lowest BCUT2D eigenvalue weighted by molar-refractivity contribution is -0.143. The summed E-state index contributed by atoms with van der Waals surface area (Å²) in [6.45, 7) is 0.911. The van der Waals surface area contributed by atoms with Gasteiger partial charge >= 0.3 is 6.03 Å². The second-order valence-corrected chi connectivity index (χ2v) is 8.53. The highest BCUT2D eigenvalue weighted by molar-refractivity contribution is 6.08. The monoisotopic (exact) mass is 412 g/mol. The molecule has 1 saturated carbocycles. The highest BCUT2D eigenvalue weighted by Crippen LogP contribution is 2.33. The molecule has 0 radical (unpaired) electrons. The number of piperidine rings is 1.